The van der Waals surface area contributed by atoms with Crippen LogP contribution in [0.4, 0.5) is 0 Å². The number of unbranched alkanes of at least 4 members (excludes halogenated alkanes) is 12. The van der Waals surface area contributed by atoms with Crippen LogP contribution in [-0.4, -0.2) is 25.2 Å². The van der Waals surface area contributed by atoms with E-state index in [2.05, 4.69) is 13.2 Å². The highest BCUT2D eigenvalue weighted by Crippen LogP contribution is 2.10. The van der Waals surface area contributed by atoms with E-state index in [0.717, 1.165) is 51.4 Å². The van der Waals surface area contributed by atoms with Crippen molar-refractivity contribution in [2.75, 3.05) is 13.2 Å². The van der Waals surface area contributed by atoms with Gasteiger partial charge in [-0.3, -0.25) is 9.59 Å². The lowest BCUT2D eigenvalue weighted by Gasteiger charge is -2.07. The summed E-state index contributed by atoms with van der Waals surface area (Å²) in [5.74, 6) is -0.390. The minimum atomic E-state index is -0.195. The predicted molar refractivity (Wildman–Crippen MR) is 116 cm³/mol. The normalized spacial score (nSPS) is 10.4. The van der Waals surface area contributed by atoms with E-state index in [9.17, 15) is 9.59 Å². The summed E-state index contributed by atoms with van der Waals surface area (Å²) < 4.78 is 10.2. The van der Waals surface area contributed by atoms with Gasteiger partial charge in [-0.1, -0.05) is 63.5 Å². The Balaban J connectivity index is 3.32. The lowest BCUT2D eigenvalue weighted by molar-refractivity contribution is -0.152. The van der Waals surface area contributed by atoms with Crippen LogP contribution in [0.15, 0.2) is 25.3 Å². The molecular formula is C24H42O4. The van der Waals surface area contributed by atoms with Crippen molar-refractivity contribution in [3.05, 3.63) is 25.3 Å². The van der Waals surface area contributed by atoms with Crippen LogP contribution in [-0.2, 0) is 19.1 Å². The minimum absolute atomic E-state index is 0.162. The van der Waals surface area contributed by atoms with Gasteiger partial charge in [0.25, 0.3) is 0 Å². The zero-order valence-electron chi connectivity index (χ0n) is 17.9. The van der Waals surface area contributed by atoms with E-state index in [-0.39, 0.29) is 25.2 Å². The largest absolute Gasteiger partial charge is 0.462 e. The SMILES string of the molecule is C=CCCCCCCCCC(=O)OCCOC(=O)CCCCCCCCC=C. The summed E-state index contributed by atoms with van der Waals surface area (Å²) in [6.07, 6.45) is 20.5. The van der Waals surface area contributed by atoms with Crippen LogP contribution >= 0.6 is 0 Å². The summed E-state index contributed by atoms with van der Waals surface area (Å²) in [5.41, 5.74) is 0. The average molecular weight is 395 g/mol. The summed E-state index contributed by atoms with van der Waals surface area (Å²) in [6.45, 7) is 7.76. The molecule has 0 saturated carbocycles. The molecule has 162 valence electrons. The number of carbonyl (C=O) groups excluding carboxylic acids is 2. The number of ether oxygens (including phenoxy) is 2. The third-order valence-electron chi connectivity index (χ3n) is 4.69. The quantitative estimate of drug-likeness (QED) is 0.124. The molecule has 0 atom stereocenters. The molecule has 0 bridgehead atoms. The number of hydrogen-bond acceptors (Lipinski definition) is 4. The first-order valence-electron chi connectivity index (χ1n) is 11.2. The van der Waals surface area contributed by atoms with Crippen molar-refractivity contribution in [3.8, 4) is 0 Å². The number of allylic oxidation sites excluding steroid dienone is 2. The molecular weight excluding hydrogens is 352 g/mol. The van der Waals surface area contributed by atoms with E-state index in [1.54, 1.807) is 0 Å². The Morgan fingerprint density at radius 1 is 0.536 bits per heavy atom. The van der Waals surface area contributed by atoms with E-state index in [1.807, 2.05) is 12.2 Å². The number of carbonyl (C=O) groups is 2. The van der Waals surface area contributed by atoms with E-state index < -0.39 is 0 Å². The Bertz CT molecular complexity index is 365. The molecule has 0 fully saturated rings. The van der Waals surface area contributed by atoms with Gasteiger partial charge in [0.1, 0.15) is 13.2 Å². The van der Waals surface area contributed by atoms with Gasteiger partial charge in [0.05, 0.1) is 0 Å². The minimum Gasteiger partial charge on any atom is -0.462 e. The van der Waals surface area contributed by atoms with Gasteiger partial charge in [-0.05, 0) is 38.5 Å². The molecule has 0 aliphatic carbocycles. The Morgan fingerprint density at radius 3 is 1.21 bits per heavy atom. The summed E-state index contributed by atoms with van der Waals surface area (Å²) in [5, 5.41) is 0. The maximum absolute atomic E-state index is 11.6. The van der Waals surface area contributed by atoms with Crippen LogP contribution in [0, 0.1) is 0 Å². The predicted octanol–water partition coefficient (Wildman–Crippen LogP) is 6.69. The molecule has 0 aliphatic heterocycles. The second kappa shape index (κ2) is 21.7. The molecule has 0 heterocycles. The highest BCUT2D eigenvalue weighted by atomic mass is 16.6. The van der Waals surface area contributed by atoms with Gasteiger partial charge >= 0.3 is 11.9 Å². The Hall–Kier alpha value is -1.58. The fourth-order valence-electron chi connectivity index (χ4n) is 2.99. The van der Waals surface area contributed by atoms with Crippen LogP contribution in [0.3, 0.4) is 0 Å². The number of esters is 2. The molecule has 0 N–H and O–H groups in total. The Labute approximate surface area is 172 Å². The van der Waals surface area contributed by atoms with Gasteiger partial charge < -0.3 is 9.47 Å². The van der Waals surface area contributed by atoms with Crippen molar-refractivity contribution in [3.63, 3.8) is 0 Å². The van der Waals surface area contributed by atoms with Crippen LogP contribution in [0.1, 0.15) is 103 Å². The van der Waals surface area contributed by atoms with Gasteiger partial charge in [0, 0.05) is 12.8 Å². The van der Waals surface area contributed by atoms with Crippen molar-refractivity contribution in [1.29, 1.82) is 0 Å². The second-order valence-electron chi connectivity index (χ2n) is 7.34. The molecule has 4 heteroatoms. The molecule has 0 aromatic heterocycles. The summed E-state index contributed by atoms with van der Waals surface area (Å²) in [6, 6.07) is 0. The summed E-state index contributed by atoms with van der Waals surface area (Å²) in [4.78, 5) is 23.2. The third-order valence-corrected chi connectivity index (χ3v) is 4.69. The van der Waals surface area contributed by atoms with E-state index in [4.69, 9.17) is 9.47 Å². The Morgan fingerprint density at radius 2 is 0.857 bits per heavy atom. The molecule has 0 radical (unpaired) electrons. The van der Waals surface area contributed by atoms with Crippen molar-refractivity contribution in [2.24, 2.45) is 0 Å². The molecule has 0 rings (SSSR count). The van der Waals surface area contributed by atoms with Gasteiger partial charge in [-0.2, -0.15) is 0 Å². The topological polar surface area (TPSA) is 52.6 Å². The number of rotatable bonds is 21. The van der Waals surface area contributed by atoms with Gasteiger partial charge in [-0.15, -0.1) is 13.2 Å². The molecule has 28 heavy (non-hydrogen) atoms. The average Bonchev–Trinajstić information content (AvgIpc) is 2.69. The molecule has 0 amide bonds. The van der Waals surface area contributed by atoms with Crippen LogP contribution in [0.25, 0.3) is 0 Å². The lowest BCUT2D eigenvalue weighted by Crippen LogP contribution is -2.13. The third kappa shape index (κ3) is 20.7. The van der Waals surface area contributed by atoms with Crippen molar-refractivity contribution >= 4 is 11.9 Å². The molecule has 0 aromatic carbocycles. The fourth-order valence-corrected chi connectivity index (χ4v) is 2.99. The summed E-state index contributed by atoms with van der Waals surface area (Å²) >= 11 is 0. The van der Waals surface area contributed by atoms with Crippen LogP contribution in [0.2, 0.25) is 0 Å². The lowest BCUT2D eigenvalue weighted by atomic mass is 10.1. The Kier molecular flexibility index (Phi) is 20.5. The zero-order chi connectivity index (χ0) is 20.7. The maximum Gasteiger partial charge on any atom is 0.305 e. The van der Waals surface area contributed by atoms with Gasteiger partial charge in [-0.25, -0.2) is 0 Å². The van der Waals surface area contributed by atoms with Crippen molar-refractivity contribution in [1.82, 2.24) is 0 Å². The fraction of sp³-hybridized carbons (Fsp3) is 0.750. The first-order chi connectivity index (χ1) is 13.7. The van der Waals surface area contributed by atoms with Crippen LogP contribution in [0.5, 0.6) is 0 Å². The maximum atomic E-state index is 11.6. The van der Waals surface area contributed by atoms with Gasteiger partial charge in [0.2, 0.25) is 0 Å². The van der Waals surface area contributed by atoms with Gasteiger partial charge in [0.15, 0.2) is 0 Å². The zero-order valence-corrected chi connectivity index (χ0v) is 17.9. The molecule has 4 nitrogen and oxygen atoms in total. The van der Waals surface area contributed by atoms with Crippen molar-refractivity contribution < 1.29 is 19.1 Å². The molecule has 0 aliphatic rings. The smallest absolute Gasteiger partial charge is 0.305 e. The monoisotopic (exact) mass is 394 g/mol. The van der Waals surface area contributed by atoms with Crippen LogP contribution < -0.4 is 0 Å². The molecule has 0 aromatic rings. The standard InChI is InChI=1S/C24H42O4/c1-3-5-7-9-11-13-15-17-19-23(25)27-21-22-28-24(26)20-18-16-14-12-10-8-6-4-2/h3-4H,1-2,5-22H2. The van der Waals surface area contributed by atoms with E-state index >= 15 is 0 Å². The molecule has 0 saturated heterocycles. The van der Waals surface area contributed by atoms with E-state index in [0.29, 0.717) is 12.8 Å². The first kappa shape index (κ1) is 26.4. The van der Waals surface area contributed by atoms with Crippen molar-refractivity contribution in [2.45, 2.75) is 103 Å². The molecule has 0 spiro atoms. The second-order valence-corrected chi connectivity index (χ2v) is 7.34. The highest BCUT2D eigenvalue weighted by Gasteiger charge is 2.05. The highest BCUT2D eigenvalue weighted by molar-refractivity contribution is 5.70. The first-order valence-corrected chi connectivity index (χ1v) is 11.2. The van der Waals surface area contributed by atoms with E-state index in [1.165, 1.54) is 38.5 Å². The molecule has 0 unspecified atom stereocenters. The number of hydrogen-bond donors (Lipinski definition) is 0. The summed E-state index contributed by atoms with van der Waals surface area (Å²) in [7, 11) is 0.